The van der Waals surface area contributed by atoms with Crippen molar-refractivity contribution in [1.29, 1.82) is 0 Å². The third-order valence-electron chi connectivity index (χ3n) is 4.04. The van der Waals surface area contributed by atoms with E-state index in [1.165, 1.54) is 0 Å². The van der Waals surface area contributed by atoms with Gasteiger partial charge in [0, 0.05) is 38.3 Å². The quantitative estimate of drug-likeness (QED) is 0.382. The second-order valence-corrected chi connectivity index (χ2v) is 6.65. The van der Waals surface area contributed by atoms with Gasteiger partial charge in [0.05, 0.1) is 18.9 Å². The van der Waals surface area contributed by atoms with Crippen molar-refractivity contribution in [3.05, 3.63) is 17.5 Å². The first-order valence-corrected chi connectivity index (χ1v) is 9.32. The molecule has 1 aromatic rings. The summed E-state index contributed by atoms with van der Waals surface area (Å²) in [6, 6.07) is 1.97. The summed E-state index contributed by atoms with van der Waals surface area (Å²) in [5.41, 5.74) is 0.966. The van der Waals surface area contributed by atoms with Gasteiger partial charge in [-0.25, -0.2) is 4.99 Å². The number of nitrogens with zero attached hydrogens (tertiary/aromatic N) is 2. The SMILES string of the molecule is CCNC(=NCc1cc(C(C)C)no1)NCCCOCC1CCOC1. The molecule has 25 heavy (non-hydrogen) atoms. The largest absolute Gasteiger partial charge is 0.381 e. The molecule has 1 saturated heterocycles. The Labute approximate surface area is 150 Å². The van der Waals surface area contributed by atoms with Crippen LogP contribution in [0, 0.1) is 5.92 Å². The summed E-state index contributed by atoms with van der Waals surface area (Å²) in [7, 11) is 0. The van der Waals surface area contributed by atoms with Crippen molar-refractivity contribution >= 4 is 5.96 Å². The van der Waals surface area contributed by atoms with Crippen molar-refractivity contribution in [2.45, 2.75) is 46.1 Å². The van der Waals surface area contributed by atoms with E-state index >= 15 is 0 Å². The molecule has 1 aliphatic heterocycles. The Balaban J connectivity index is 1.64. The van der Waals surface area contributed by atoms with Gasteiger partial charge >= 0.3 is 0 Å². The van der Waals surface area contributed by atoms with E-state index in [9.17, 15) is 0 Å². The van der Waals surface area contributed by atoms with E-state index in [4.69, 9.17) is 14.0 Å². The zero-order chi connectivity index (χ0) is 17.9. The number of hydrogen-bond donors (Lipinski definition) is 2. The van der Waals surface area contributed by atoms with Crippen LogP contribution in [0.25, 0.3) is 0 Å². The van der Waals surface area contributed by atoms with E-state index in [2.05, 4.69) is 41.6 Å². The lowest BCUT2D eigenvalue weighted by Gasteiger charge is -2.12. The van der Waals surface area contributed by atoms with Crippen LogP contribution in [-0.2, 0) is 16.0 Å². The molecule has 0 aromatic carbocycles. The number of hydrogen-bond acceptors (Lipinski definition) is 5. The standard InChI is InChI=1S/C18H32N4O3/c1-4-19-18(21-11-16-10-17(14(2)3)22-25-16)20-7-5-8-23-12-15-6-9-24-13-15/h10,14-15H,4-9,11-13H2,1-3H3,(H2,19,20,21). The van der Waals surface area contributed by atoms with E-state index in [0.717, 1.165) is 69.8 Å². The van der Waals surface area contributed by atoms with Gasteiger partial charge < -0.3 is 24.6 Å². The highest BCUT2D eigenvalue weighted by Gasteiger charge is 2.15. The second kappa shape index (κ2) is 11.1. The van der Waals surface area contributed by atoms with Crippen LogP contribution in [0.5, 0.6) is 0 Å². The highest BCUT2D eigenvalue weighted by molar-refractivity contribution is 5.79. The number of rotatable bonds is 10. The Hall–Kier alpha value is -1.60. The summed E-state index contributed by atoms with van der Waals surface area (Å²) in [5.74, 6) is 2.50. The van der Waals surface area contributed by atoms with Crippen LogP contribution in [0.3, 0.4) is 0 Å². The van der Waals surface area contributed by atoms with Crippen molar-refractivity contribution in [2.75, 3.05) is 39.5 Å². The Morgan fingerprint density at radius 3 is 3.00 bits per heavy atom. The molecule has 0 spiro atoms. The molecule has 0 saturated carbocycles. The van der Waals surface area contributed by atoms with Gasteiger partial charge in [-0.15, -0.1) is 0 Å². The lowest BCUT2D eigenvalue weighted by atomic mass is 10.1. The molecule has 2 N–H and O–H groups in total. The maximum Gasteiger partial charge on any atom is 0.191 e. The Kier molecular flexibility index (Phi) is 8.76. The average molecular weight is 352 g/mol. The van der Waals surface area contributed by atoms with E-state index in [1.54, 1.807) is 0 Å². The second-order valence-electron chi connectivity index (χ2n) is 6.65. The minimum atomic E-state index is 0.364. The first-order valence-electron chi connectivity index (χ1n) is 9.32. The zero-order valence-electron chi connectivity index (χ0n) is 15.7. The topological polar surface area (TPSA) is 80.9 Å². The highest BCUT2D eigenvalue weighted by atomic mass is 16.5. The third-order valence-corrected chi connectivity index (χ3v) is 4.04. The summed E-state index contributed by atoms with van der Waals surface area (Å²) in [5, 5.41) is 10.6. The summed E-state index contributed by atoms with van der Waals surface area (Å²) >= 11 is 0. The summed E-state index contributed by atoms with van der Waals surface area (Å²) < 4.78 is 16.4. The molecule has 1 fully saturated rings. The molecule has 7 heteroatoms. The molecule has 0 aliphatic carbocycles. The van der Waals surface area contributed by atoms with Gasteiger partial charge in [-0.2, -0.15) is 0 Å². The minimum Gasteiger partial charge on any atom is -0.381 e. The number of guanidine groups is 1. The zero-order valence-corrected chi connectivity index (χ0v) is 15.7. The van der Waals surface area contributed by atoms with E-state index in [1.807, 2.05) is 6.07 Å². The molecule has 1 atom stereocenters. The van der Waals surface area contributed by atoms with Gasteiger partial charge in [-0.1, -0.05) is 19.0 Å². The summed E-state index contributed by atoms with van der Waals surface area (Å²) in [6.07, 6.45) is 2.06. The molecule has 1 aromatic heterocycles. The first-order chi connectivity index (χ1) is 12.2. The maximum atomic E-state index is 5.71. The van der Waals surface area contributed by atoms with Crippen LogP contribution in [0.2, 0.25) is 0 Å². The average Bonchev–Trinajstić information content (AvgIpc) is 3.27. The summed E-state index contributed by atoms with van der Waals surface area (Å²) in [4.78, 5) is 4.54. The summed E-state index contributed by atoms with van der Waals surface area (Å²) in [6.45, 7) is 11.6. The van der Waals surface area contributed by atoms with Gasteiger partial charge in [0.15, 0.2) is 11.7 Å². The molecule has 1 unspecified atom stereocenters. The smallest absolute Gasteiger partial charge is 0.191 e. The number of nitrogens with one attached hydrogen (secondary N) is 2. The van der Waals surface area contributed by atoms with Crippen molar-refractivity contribution < 1.29 is 14.0 Å². The van der Waals surface area contributed by atoms with Crippen molar-refractivity contribution in [3.63, 3.8) is 0 Å². The molecule has 1 aliphatic rings. The maximum absolute atomic E-state index is 5.71. The molecule has 0 amide bonds. The van der Waals surface area contributed by atoms with Crippen LogP contribution in [0.1, 0.15) is 51.0 Å². The molecular formula is C18H32N4O3. The molecule has 142 valence electrons. The molecule has 2 heterocycles. The van der Waals surface area contributed by atoms with Gasteiger partial charge in [0.1, 0.15) is 6.54 Å². The van der Waals surface area contributed by atoms with Crippen LogP contribution < -0.4 is 10.6 Å². The fraction of sp³-hybridized carbons (Fsp3) is 0.778. The van der Waals surface area contributed by atoms with E-state index in [0.29, 0.717) is 18.4 Å². The number of aromatic nitrogens is 1. The highest BCUT2D eigenvalue weighted by Crippen LogP contribution is 2.14. The number of ether oxygens (including phenoxy) is 2. The predicted octanol–water partition coefficient (Wildman–Crippen LogP) is 2.30. The Morgan fingerprint density at radius 1 is 1.44 bits per heavy atom. The molecular weight excluding hydrogens is 320 g/mol. The van der Waals surface area contributed by atoms with Gasteiger partial charge in [-0.05, 0) is 25.7 Å². The van der Waals surface area contributed by atoms with Crippen molar-refractivity contribution in [2.24, 2.45) is 10.9 Å². The predicted molar refractivity (Wildman–Crippen MR) is 97.8 cm³/mol. The number of aliphatic imine (C=N–C) groups is 1. The van der Waals surface area contributed by atoms with Crippen molar-refractivity contribution in [1.82, 2.24) is 15.8 Å². The first kappa shape index (κ1) is 19.7. The Morgan fingerprint density at radius 2 is 2.32 bits per heavy atom. The fourth-order valence-electron chi connectivity index (χ4n) is 2.52. The third kappa shape index (κ3) is 7.44. The van der Waals surface area contributed by atoms with Crippen molar-refractivity contribution in [3.8, 4) is 0 Å². The molecule has 7 nitrogen and oxygen atoms in total. The normalized spacial score (nSPS) is 18.1. The van der Waals surface area contributed by atoms with Gasteiger partial charge in [0.25, 0.3) is 0 Å². The fourth-order valence-corrected chi connectivity index (χ4v) is 2.52. The van der Waals surface area contributed by atoms with E-state index in [-0.39, 0.29) is 0 Å². The Bertz CT molecular complexity index is 510. The van der Waals surface area contributed by atoms with E-state index < -0.39 is 0 Å². The lowest BCUT2D eigenvalue weighted by molar-refractivity contribution is 0.0888. The lowest BCUT2D eigenvalue weighted by Crippen LogP contribution is -2.38. The molecule has 0 radical (unpaired) electrons. The van der Waals surface area contributed by atoms with Crippen LogP contribution in [0.4, 0.5) is 0 Å². The molecule has 2 rings (SSSR count). The van der Waals surface area contributed by atoms with Crippen LogP contribution in [0.15, 0.2) is 15.6 Å². The van der Waals surface area contributed by atoms with Crippen LogP contribution >= 0.6 is 0 Å². The monoisotopic (exact) mass is 352 g/mol. The van der Waals surface area contributed by atoms with Gasteiger partial charge in [-0.3, -0.25) is 0 Å². The molecule has 0 bridgehead atoms. The van der Waals surface area contributed by atoms with Crippen LogP contribution in [-0.4, -0.2) is 50.6 Å². The minimum absolute atomic E-state index is 0.364. The van der Waals surface area contributed by atoms with Gasteiger partial charge in [0.2, 0.25) is 0 Å².